The number of halogens is 1. The van der Waals surface area contributed by atoms with E-state index < -0.39 is 11.4 Å². The molecule has 1 rings (SSSR count). The molecule has 4 nitrogen and oxygen atoms in total. The van der Waals surface area contributed by atoms with Crippen molar-refractivity contribution in [1.29, 1.82) is 0 Å². The first-order chi connectivity index (χ1) is 7.84. The largest absolute Gasteiger partial charge is 0.591 e. The van der Waals surface area contributed by atoms with Crippen molar-refractivity contribution in [3.63, 3.8) is 0 Å². The van der Waals surface area contributed by atoms with Gasteiger partial charge in [0.25, 0.3) is 0 Å². The zero-order valence-electron chi connectivity index (χ0n) is 10.2. The molecule has 0 fully saturated rings. The molecule has 0 spiro atoms. The molecule has 0 unspecified atom stereocenters. The third kappa shape index (κ3) is 4.29. The average molecular weight is 319 g/mol. The van der Waals surface area contributed by atoms with E-state index >= 15 is 0 Å². The van der Waals surface area contributed by atoms with Crippen LogP contribution in [-0.2, 0) is 11.4 Å². The van der Waals surface area contributed by atoms with Crippen LogP contribution in [0.5, 0.6) is 5.75 Å². The van der Waals surface area contributed by atoms with E-state index in [-0.39, 0.29) is 4.75 Å². The van der Waals surface area contributed by atoms with Crippen LogP contribution in [0, 0.1) is 0 Å². The summed E-state index contributed by atoms with van der Waals surface area (Å²) in [5.41, 5.74) is 0.635. The molecule has 17 heavy (non-hydrogen) atoms. The third-order valence-corrected chi connectivity index (χ3v) is 3.83. The van der Waals surface area contributed by atoms with E-state index in [1.54, 1.807) is 19.4 Å². The Labute approximate surface area is 113 Å². The second-order valence-corrected chi connectivity index (χ2v) is 7.13. The summed E-state index contributed by atoms with van der Waals surface area (Å²) in [6.45, 7) is 5.62. The van der Waals surface area contributed by atoms with Gasteiger partial charge in [-0.15, -0.1) is 0 Å². The molecule has 0 aliphatic rings. The summed E-state index contributed by atoms with van der Waals surface area (Å²) in [7, 11) is 1.57. The quantitative estimate of drug-likeness (QED) is 0.636. The molecule has 6 heteroatoms. The Kier molecular flexibility index (Phi) is 4.97. The number of hydrogen-bond donors (Lipinski definition) is 0. The van der Waals surface area contributed by atoms with Gasteiger partial charge in [-0.25, -0.2) is 0 Å². The van der Waals surface area contributed by atoms with E-state index in [0.717, 1.165) is 4.47 Å². The van der Waals surface area contributed by atoms with Gasteiger partial charge in [-0.05, 0) is 42.8 Å². The molecule has 1 atom stereocenters. The summed E-state index contributed by atoms with van der Waals surface area (Å²) >= 11 is 2.08. The number of hydrogen-bond acceptors (Lipinski definition) is 4. The molecule has 0 radical (unpaired) electrons. The fraction of sp³-hybridized carbons (Fsp3) is 0.455. The van der Waals surface area contributed by atoms with E-state index in [0.29, 0.717) is 11.4 Å². The van der Waals surface area contributed by atoms with Crippen molar-refractivity contribution in [3.8, 4) is 5.75 Å². The average Bonchev–Trinajstić information content (AvgIpc) is 2.24. The van der Waals surface area contributed by atoms with Gasteiger partial charge in [0.15, 0.2) is 5.75 Å². The van der Waals surface area contributed by atoms with E-state index in [1.165, 1.54) is 6.21 Å². The molecule has 0 saturated carbocycles. The molecule has 0 aromatic carbocycles. The van der Waals surface area contributed by atoms with Crippen LogP contribution in [0.15, 0.2) is 21.1 Å². The Hall–Kier alpha value is -0.590. The van der Waals surface area contributed by atoms with Crippen LogP contribution in [0.2, 0.25) is 0 Å². The topological polar surface area (TPSA) is 57.5 Å². The van der Waals surface area contributed by atoms with Crippen LogP contribution >= 0.6 is 15.9 Å². The zero-order valence-corrected chi connectivity index (χ0v) is 12.6. The molecule has 1 aromatic rings. The van der Waals surface area contributed by atoms with Crippen molar-refractivity contribution in [1.82, 2.24) is 4.98 Å². The highest BCUT2D eigenvalue weighted by molar-refractivity contribution is 9.10. The molecule has 0 N–H and O–H groups in total. The smallest absolute Gasteiger partial charge is 0.151 e. The highest BCUT2D eigenvalue weighted by atomic mass is 79.9. The fourth-order valence-electron chi connectivity index (χ4n) is 0.914. The van der Waals surface area contributed by atoms with Crippen molar-refractivity contribution in [2.75, 3.05) is 7.11 Å². The summed E-state index contributed by atoms with van der Waals surface area (Å²) in [6, 6.07) is 1.77. The Balaban J connectivity index is 2.82. The number of rotatable bonds is 3. The minimum Gasteiger partial charge on any atom is -0.591 e. The second kappa shape index (κ2) is 5.84. The van der Waals surface area contributed by atoms with Crippen LogP contribution in [0.4, 0.5) is 0 Å². The molecule has 94 valence electrons. The molecular weight excluding hydrogens is 304 g/mol. The SMILES string of the molecule is COc1cnc(/C=N/[S@+]([O-])C(C)(C)C)cc1Br. The van der Waals surface area contributed by atoms with Gasteiger partial charge >= 0.3 is 0 Å². The number of nitrogens with zero attached hydrogens (tertiary/aromatic N) is 2. The van der Waals surface area contributed by atoms with Gasteiger partial charge in [-0.2, -0.15) is 0 Å². The Morgan fingerprint density at radius 2 is 2.18 bits per heavy atom. The minimum absolute atomic E-state index is 0.361. The van der Waals surface area contributed by atoms with Crippen molar-refractivity contribution in [2.45, 2.75) is 25.5 Å². The van der Waals surface area contributed by atoms with E-state index in [9.17, 15) is 4.55 Å². The number of aromatic nitrogens is 1. The summed E-state index contributed by atoms with van der Waals surface area (Å²) in [6.07, 6.45) is 3.09. The maximum absolute atomic E-state index is 11.7. The highest BCUT2D eigenvalue weighted by Crippen LogP contribution is 2.23. The number of methoxy groups -OCH3 is 1. The second-order valence-electron chi connectivity index (χ2n) is 4.34. The molecule has 1 heterocycles. The van der Waals surface area contributed by atoms with E-state index in [2.05, 4.69) is 25.3 Å². The number of ether oxygens (including phenoxy) is 1. The molecule has 0 bridgehead atoms. The Morgan fingerprint density at radius 1 is 1.53 bits per heavy atom. The predicted octanol–water partition coefficient (Wildman–Crippen LogP) is 2.73. The lowest BCUT2D eigenvalue weighted by Crippen LogP contribution is -2.25. The first-order valence-corrected chi connectivity index (χ1v) is 6.90. The van der Waals surface area contributed by atoms with Crippen molar-refractivity contribution >= 4 is 33.5 Å². The lowest BCUT2D eigenvalue weighted by Gasteiger charge is -2.17. The van der Waals surface area contributed by atoms with Crippen LogP contribution in [-0.4, -0.2) is 27.6 Å². The first-order valence-electron chi connectivity index (χ1n) is 5.00. The molecule has 0 aliphatic carbocycles. The summed E-state index contributed by atoms with van der Waals surface area (Å²) < 4.78 is 21.2. The first kappa shape index (κ1) is 14.5. The number of pyridine rings is 1. The van der Waals surface area contributed by atoms with Gasteiger partial charge in [0.2, 0.25) is 0 Å². The molecule has 1 aromatic heterocycles. The lowest BCUT2D eigenvalue weighted by atomic mass is 10.3. The van der Waals surface area contributed by atoms with Gasteiger partial charge in [-0.1, -0.05) is 4.40 Å². The molecule has 0 amide bonds. The zero-order chi connectivity index (χ0) is 13.1. The van der Waals surface area contributed by atoms with Crippen LogP contribution < -0.4 is 4.74 Å². The summed E-state index contributed by atoms with van der Waals surface area (Å²) in [4.78, 5) is 4.13. The third-order valence-electron chi connectivity index (χ3n) is 1.87. The minimum atomic E-state index is -1.27. The van der Waals surface area contributed by atoms with E-state index in [1.807, 2.05) is 20.8 Å². The summed E-state index contributed by atoms with van der Waals surface area (Å²) in [5, 5.41) is 0. The van der Waals surface area contributed by atoms with Gasteiger partial charge < -0.3 is 9.29 Å². The predicted molar refractivity (Wildman–Crippen MR) is 74.0 cm³/mol. The van der Waals surface area contributed by atoms with Crippen molar-refractivity contribution in [2.24, 2.45) is 4.40 Å². The van der Waals surface area contributed by atoms with Gasteiger partial charge in [-0.3, -0.25) is 4.98 Å². The molecule has 0 aliphatic heterocycles. The van der Waals surface area contributed by atoms with Crippen molar-refractivity contribution < 1.29 is 9.29 Å². The lowest BCUT2D eigenvalue weighted by molar-refractivity contribution is 0.410. The standard InChI is InChI=1S/C11H15BrN2O2S/c1-11(2,3)17(15)14-6-8-5-9(12)10(16-4)7-13-8/h5-7H,1-4H3/b14-6+/t17-/m1/s1. The van der Waals surface area contributed by atoms with Gasteiger partial charge in [0, 0.05) is 0 Å². The van der Waals surface area contributed by atoms with E-state index in [4.69, 9.17) is 4.74 Å². The van der Waals surface area contributed by atoms with Gasteiger partial charge in [0.05, 0.1) is 23.5 Å². The van der Waals surface area contributed by atoms with Crippen LogP contribution in [0.25, 0.3) is 0 Å². The fourth-order valence-corrected chi connectivity index (χ4v) is 1.93. The normalized spacial score (nSPS) is 14.0. The maximum Gasteiger partial charge on any atom is 0.151 e. The van der Waals surface area contributed by atoms with Gasteiger partial charge in [0.1, 0.15) is 22.3 Å². The molecular formula is C11H15BrN2O2S. The van der Waals surface area contributed by atoms with Crippen LogP contribution in [0.1, 0.15) is 26.5 Å². The summed E-state index contributed by atoms with van der Waals surface area (Å²) in [5.74, 6) is 0.652. The molecule has 0 saturated heterocycles. The maximum atomic E-state index is 11.7. The highest BCUT2D eigenvalue weighted by Gasteiger charge is 2.25. The monoisotopic (exact) mass is 318 g/mol. The Bertz CT molecular complexity index is 418. The van der Waals surface area contributed by atoms with Crippen LogP contribution in [0.3, 0.4) is 0 Å². The Morgan fingerprint density at radius 3 is 2.65 bits per heavy atom. The van der Waals surface area contributed by atoms with Crippen molar-refractivity contribution in [3.05, 3.63) is 22.4 Å².